The quantitative estimate of drug-likeness (QED) is 0.537. The zero-order chi connectivity index (χ0) is 19.0. The molecule has 1 heterocycles. The summed E-state index contributed by atoms with van der Waals surface area (Å²) in [6, 6.07) is 0. The lowest BCUT2D eigenvalue weighted by atomic mass is 9.96. The van der Waals surface area contributed by atoms with Gasteiger partial charge in [0.2, 0.25) is 0 Å². The molecule has 1 aliphatic rings. The van der Waals surface area contributed by atoms with Crippen molar-refractivity contribution in [3.05, 3.63) is 0 Å². The van der Waals surface area contributed by atoms with Crippen LogP contribution in [0.3, 0.4) is 0 Å². The zero-order valence-electron chi connectivity index (χ0n) is 12.8. The Kier molecular flexibility index (Phi) is 5.42. The first kappa shape index (κ1) is 20.4. The van der Waals surface area contributed by atoms with Gasteiger partial charge >= 0.3 is 27.7 Å². The molecule has 2 N–H and O–H groups in total. The van der Waals surface area contributed by atoms with Crippen LogP contribution in [0.25, 0.3) is 0 Å². The smallest absolute Gasteiger partial charge is 0.479 e. The normalized spacial score (nSPS) is 25.3. The van der Waals surface area contributed by atoms with Crippen LogP contribution in [0.5, 0.6) is 0 Å². The lowest BCUT2D eigenvalue weighted by Gasteiger charge is -2.31. The van der Waals surface area contributed by atoms with Crippen molar-refractivity contribution in [2.75, 3.05) is 13.2 Å². The monoisotopic (exact) mass is 379 g/mol. The molecule has 0 bridgehead atoms. The van der Waals surface area contributed by atoms with Gasteiger partial charge in [-0.1, -0.05) is 0 Å². The van der Waals surface area contributed by atoms with Crippen molar-refractivity contribution in [1.29, 1.82) is 0 Å². The van der Waals surface area contributed by atoms with Gasteiger partial charge < -0.3 is 19.9 Å². The second-order valence-corrected chi connectivity index (χ2v) is 7.47. The number of carboxylic acid groups (broad SMARTS) is 1. The molecule has 24 heavy (non-hydrogen) atoms. The standard InChI is InChI=1S/C11H16F3NO8S/c1-9(2,3)22-8(18)15-10(7(16)17)5-21-4-6(10)23-24(19,20)11(12,13)14/h6H,4-5H2,1-3H3,(H,15,18)(H,16,17)/t6-,10+/m0/s1. The molecule has 13 heteroatoms. The third-order valence-electron chi connectivity index (χ3n) is 2.78. The Hall–Kier alpha value is -1.60. The molecule has 1 saturated heterocycles. The van der Waals surface area contributed by atoms with Gasteiger partial charge in [-0.05, 0) is 20.8 Å². The van der Waals surface area contributed by atoms with Crippen molar-refractivity contribution < 1.29 is 49.9 Å². The molecule has 0 saturated carbocycles. The first-order valence-electron chi connectivity index (χ1n) is 6.42. The maximum atomic E-state index is 12.4. The van der Waals surface area contributed by atoms with Gasteiger partial charge in [0, 0.05) is 0 Å². The maximum absolute atomic E-state index is 12.4. The number of nitrogens with one attached hydrogen (secondary N) is 1. The van der Waals surface area contributed by atoms with Crippen molar-refractivity contribution >= 4 is 22.2 Å². The van der Waals surface area contributed by atoms with E-state index in [-0.39, 0.29) is 0 Å². The van der Waals surface area contributed by atoms with Gasteiger partial charge in [0.05, 0.1) is 13.2 Å². The summed E-state index contributed by atoms with van der Waals surface area (Å²) in [6.45, 7) is 2.80. The number of hydrogen-bond acceptors (Lipinski definition) is 7. The number of rotatable bonds is 4. The minimum absolute atomic E-state index is 0.794. The molecule has 1 aliphatic heterocycles. The number of hydrogen-bond donors (Lipinski definition) is 2. The minimum Gasteiger partial charge on any atom is -0.479 e. The van der Waals surface area contributed by atoms with E-state index in [0.717, 1.165) is 0 Å². The Bertz CT molecular complexity index is 612. The van der Waals surface area contributed by atoms with Crippen LogP contribution >= 0.6 is 0 Å². The molecular weight excluding hydrogens is 363 g/mol. The molecule has 1 amide bonds. The van der Waals surface area contributed by atoms with Gasteiger partial charge in [-0.15, -0.1) is 0 Å². The molecule has 0 radical (unpaired) electrons. The first-order chi connectivity index (χ1) is 10.6. The van der Waals surface area contributed by atoms with Gasteiger partial charge in [0.15, 0.2) is 5.54 Å². The van der Waals surface area contributed by atoms with E-state index >= 15 is 0 Å². The molecule has 0 unspecified atom stereocenters. The van der Waals surface area contributed by atoms with Crippen LogP contribution in [-0.4, -0.2) is 61.6 Å². The maximum Gasteiger partial charge on any atom is 0.523 e. The van der Waals surface area contributed by atoms with E-state index in [1.165, 1.54) is 20.8 Å². The van der Waals surface area contributed by atoms with Crippen molar-refractivity contribution in [3.8, 4) is 0 Å². The van der Waals surface area contributed by atoms with Crippen LogP contribution in [0.1, 0.15) is 20.8 Å². The van der Waals surface area contributed by atoms with Crippen molar-refractivity contribution in [3.63, 3.8) is 0 Å². The summed E-state index contributed by atoms with van der Waals surface area (Å²) in [7, 11) is -6.09. The van der Waals surface area contributed by atoms with E-state index in [9.17, 15) is 36.3 Å². The molecule has 0 aromatic rings. The summed E-state index contributed by atoms with van der Waals surface area (Å²) in [4.78, 5) is 23.2. The molecule has 0 aromatic heterocycles. The SMILES string of the molecule is CC(C)(C)OC(=O)N[C@]1(C(=O)O)COC[C@@H]1OS(=O)(=O)C(F)(F)F. The molecule has 0 aromatic carbocycles. The second kappa shape index (κ2) is 6.37. The minimum atomic E-state index is -6.09. The largest absolute Gasteiger partial charge is 0.523 e. The Morgan fingerprint density at radius 3 is 2.25 bits per heavy atom. The number of carbonyl (C=O) groups is 2. The van der Waals surface area contributed by atoms with E-state index in [1.54, 1.807) is 0 Å². The summed E-state index contributed by atoms with van der Waals surface area (Å²) < 4.78 is 72.9. The third kappa shape index (κ3) is 4.48. The number of carboxylic acids is 1. The van der Waals surface area contributed by atoms with Gasteiger partial charge in [0.25, 0.3) is 0 Å². The van der Waals surface area contributed by atoms with Gasteiger partial charge in [0.1, 0.15) is 11.7 Å². The fraction of sp³-hybridized carbons (Fsp3) is 0.818. The fourth-order valence-electron chi connectivity index (χ4n) is 1.73. The highest BCUT2D eigenvalue weighted by Gasteiger charge is 2.58. The lowest BCUT2D eigenvalue weighted by Crippen LogP contribution is -2.63. The van der Waals surface area contributed by atoms with Gasteiger partial charge in [-0.25, -0.2) is 9.59 Å². The fourth-order valence-corrected chi connectivity index (χ4v) is 2.37. The summed E-state index contributed by atoms with van der Waals surface area (Å²) in [5.41, 5.74) is -9.34. The molecule has 140 valence electrons. The van der Waals surface area contributed by atoms with Gasteiger partial charge in [-0.3, -0.25) is 4.18 Å². The number of aliphatic carboxylic acids is 1. The average molecular weight is 379 g/mol. The highest BCUT2D eigenvalue weighted by molar-refractivity contribution is 7.87. The number of alkyl carbamates (subject to hydrolysis) is 1. The summed E-state index contributed by atoms with van der Waals surface area (Å²) in [6.07, 6.45) is -3.41. The van der Waals surface area contributed by atoms with E-state index in [0.29, 0.717) is 0 Å². The topological polar surface area (TPSA) is 128 Å². The number of alkyl halides is 3. The predicted octanol–water partition coefficient (Wildman–Crippen LogP) is 0.599. The molecule has 1 rings (SSSR count). The zero-order valence-corrected chi connectivity index (χ0v) is 13.7. The van der Waals surface area contributed by atoms with Gasteiger partial charge in [-0.2, -0.15) is 21.6 Å². The van der Waals surface area contributed by atoms with Crippen molar-refractivity contribution in [1.82, 2.24) is 5.32 Å². The van der Waals surface area contributed by atoms with E-state index < -0.39 is 58.1 Å². The summed E-state index contributed by atoms with van der Waals surface area (Å²) in [5, 5.41) is 11.1. The molecule has 9 nitrogen and oxygen atoms in total. The predicted molar refractivity (Wildman–Crippen MR) is 70.4 cm³/mol. The third-order valence-corrected chi connectivity index (χ3v) is 3.83. The number of halogens is 3. The highest BCUT2D eigenvalue weighted by atomic mass is 32.2. The molecule has 0 spiro atoms. The number of ether oxygens (including phenoxy) is 2. The Labute approximate surface area is 135 Å². The van der Waals surface area contributed by atoms with Crippen molar-refractivity contribution in [2.45, 2.75) is 43.5 Å². The van der Waals surface area contributed by atoms with Crippen LogP contribution in [0.15, 0.2) is 0 Å². The average Bonchev–Trinajstić information content (AvgIpc) is 2.68. The van der Waals surface area contributed by atoms with E-state index in [4.69, 9.17) is 9.47 Å². The van der Waals surface area contributed by atoms with Crippen LogP contribution in [0.4, 0.5) is 18.0 Å². The van der Waals surface area contributed by atoms with Crippen LogP contribution in [0, 0.1) is 0 Å². The number of amides is 1. The lowest BCUT2D eigenvalue weighted by molar-refractivity contribution is -0.148. The van der Waals surface area contributed by atoms with Crippen LogP contribution in [-0.2, 0) is 28.6 Å². The second-order valence-electron chi connectivity index (χ2n) is 5.90. The molecular formula is C11H16F3NO8S. The first-order valence-corrected chi connectivity index (χ1v) is 7.83. The Morgan fingerprint density at radius 2 is 1.83 bits per heavy atom. The summed E-state index contributed by atoms with van der Waals surface area (Å²) in [5.74, 6) is -1.84. The van der Waals surface area contributed by atoms with Crippen LogP contribution in [0.2, 0.25) is 0 Å². The highest BCUT2D eigenvalue weighted by Crippen LogP contribution is 2.31. The Balaban J connectivity index is 3.08. The molecule has 1 fully saturated rings. The van der Waals surface area contributed by atoms with Crippen LogP contribution < -0.4 is 5.32 Å². The molecule has 2 atom stereocenters. The van der Waals surface area contributed by atoms with E-state index in [2.05, 4.69) is 4.18 Å². The van der Waals surface area contributed by atoms with Crippen molar-refractivity contribution in [2.24, 2.45) is 0 Å². The Morgan fingerprint density at radius 1 is 1.29 bits per heavy atom. The number of carbonyl (C=O) groups excluding carboxylic acids is 1. The van der Waals surface area contributed by atoms with E-state index in [1.807, 2.05) is 5.32 Å². The summed E-state index contributed by atoms with van der Waals surface area (Å²) >= 11 is 0. The molecule has 0 aliphatic carbocycles.